The van der Waals surface area contributed by atoms with Crippen molar-refractivity contribution in [1.29, 1.82) is 0 Å². The van der Waals surface area contributed by atoms with Gasteiger partial charge < -0.3 is 24.8 Å². The highest BCUT2D eigenvalue weighted by Crippen LogP contribution is 2.55. The number of nitrogens with two attached hydrogens (primary N) is 1. The summed E-state index contributed by atoms with van der Waals surface area (Å²) in [6, 6.07) is 0. The Morgan fingerprint density at radius 2 is 2.14 bits per heavy atom. The van der Waals surface area contributed by atoms with Crippen molar-refractivity contribution >= 4 is 11.8 Å². The van der Waals surface area contributed by atoms with Gasteiger partial charge in [-0.3, -0.25) is 9.59 Å². The normalized spacial score (nSPS) is 35.1. The van der Waals surface area contributed by atoms with Crippen LogP contribution in [0.15, 0.2) is 12.4 Å². The lowest BCUT2D eigenvalue weighted by atomic mass is 9.72. The Hall–Kier alpha value is -1.93. The molecule has 8 heteroatoms. The van der Waals surface area contributed by atoms with E-state index in [4.69, 9.17) is 10.5 Å². The van der Waals surface area contributed by atoms with E-state index in [2.05, 4.69) is 9.55 Å². The summed E-state index contributed by atoms with van der Waals surface area (Å²) in [5.74, 6) is 1.01. The molecule has 2 N–H and O–H groups in total. The molecule has 4 atom stereocenters. The Morgan fingerprint density at radius 1 is 1.36 bits per heavy atom. The molecule has 3 unspecified atom stereocenters. The summed E-state index contributed by atoms with van der Waals surface area (Å²) < 4.78 is 8.36. The molecule has 1 aromatic rings. The number of piperidine rings is 1. The minimum Gasteiger partial charge on any atom is -0.368 e. The largest absolute Gasteiger partial charge is 0.368 e. The quantitative estimate of drug-likeness (QED) is 0.790. The van der Waals surface area contributed by atoms with Crippen molar-refractivity contribution in [3.63, 3.8) is 0 Å². The standard InChI is InChI=1S/C20H29N5O3/c1-23-11-7-22-17(23)13-3-8-24(9-4-13)18(26)15-14-2-5-20(28-14)12-25(10-6-21)19(27)16(15)20/h7,11,13-16H,2-6,8-10,12,21H2,1H3/t14?,15?,16?,20-/m0/s1. The first kappa shape index (κ1) is 18.1. The highest BCUT2D eigenvalue weighted by molar-refractivity contribution is 5.92. The second-order valence-corrected chi connectivity index (χ2v) is 8.81. The fourth-order valence-electron chi connectivity index (χ4n) is 6.01. The Balaban J connectivity index is 1.30. The number of ether oxygens (including phenoxy) is 1. The zero-order chi connectivity index (χ0) is 19.5. The van der Waals surface area contributed by atoms with E-state index in [1.165, 1.54) is 0 Å². The Bertz CT molecular complexity index is 787. The van der Waals surface area contributed by atoms with E-state index in [0.29, 0.717) is 25.6 Å². The summed E-state index contributed by atoms with van der Waals surface area (Å²) in [5.41, 5.74) is 5.22. The monoisotopic (exact) mass is 387 g/mol. The Labute approximate surface area is 165 Å². The van der Waals surface area contributed by atoms with Gasteiger partial charge >= 0.3 is 0 Å². The molecule has 152 valence electrons. The number of aryl methyl sites for hydroxylation is 1. The molecule has 0 aliphatic carbocycles. The number of fused-ring (bicyclic) bond motifs is 1. The molecule has 1 spiro atoms. The lowest BCUT2D eigenvalue weighted by Gasteiger charge is -2.36. The van der Waals surface area contributed by atoms with E-state index in [1.54, 1.807) is 4.90 Å². The fraction of sp³-hybridized carbons (Fsp3) is 0.750. The van der Waals surface area contributed by atoms with Crippen LogP contribution in [0, 0.1) is 11.8 Å². The number of hydrogen-bond donors (Lipinski definition) is 1. The van der Waals surface area contributed by atoms with Gasteiger partial charge in [-0.05, 0) is 25.7 Å². The minimum atomic E-state index is -0.456. The molecule has 5 rings (SSSR count). The number of likely N-dealkylation sites (tertiary alicyclic amines) is 2. The maximum atomic E-state index is 13.4. The highest BCUT2D eigenvalue weighted by Gasteiger charge is 2.69. The number of aromatic nitrogens is 2. The molecular formula is C20H29N5O3. The molecule has 4 aliphatic rings. The molecule has 1 aromatic heterocycles. The molecule has 2 amide bonds. The van der Waals surface area contributed by atoms with Crippen LogP contribution in [0.1, 0.15) is 37.4 Å². The average molecular weight is 387 g/mol. The third kappa shape index (κ3) is 2.54. The number of carbonyl (C=O) groups excluding carboxylic acids is 2. The maximum Gasteiger partial charge on any atom is 0.229 e. The van der Waals surface area contributed by atoms with Crippen LogP contribution in [-0.2, 0) is 21.4 Å². The highest BCUT2D eigenvalue weighted by atomic mass is 16.5. The second-order valence-electron chi connectivity index (χ2n) is 8.81. The molecule has 0 saturated carbocycles. The Kier molecular flexibility index (Phi) is 4.24. The predicted octanol–water partition coefficient (Wildman–Crippen LogP) is 0.0908. The van der Waals surface area contributed by atoms with Crippen LogP contribution in [0.3, 0.4) is 0 Å². The molecule has 4 aliphatic heterocycles. The van der Waals surface area contributed by atoms with E-state index in [9.17, 15) is 9.59 Å². The summed E-state index contributed by atoms with van der Waals surface area (Å²) in [6.45, 7) is 3.02. The van der Waals surface area contributed by atoms with Gasteiger partial charge in [0.2, 0.25) is 11.8 Å². The van der Waals surface area contributed by atoms with Gasteiger partial charge in [-0.1, -0.05) is 0 Å². The van der Waals surface area contributed by atoms with Gasteiger partial charge in [0, 0.05) is 51.5 Å². The molecule has 4 fully saturated rings. The summed E-state index contributed by atoms with van der Waals surface area (Å²) in [7, 11) is 2.02. The summed E-state index contributed by atoms with van der Waals surface area (Å²) in [6.07, 6.45) is 7.28. The van der Waals surface area contributed by atoms with Crippen LogP contribution >= 0.6 is 0 Å². The summed E-state index contributed by atoms with van der Waals surface area (Å²) in [4.78, 5) is 34.7. The van der Waals surface area contributed by atoms with Crippen LogP contribution in [0.5, 0.6) is 0 Å². The summed E-state index contributed by atoms with van der Waals surface area (Å²) >= 11 is 0. The lowest BCUT2D eigenvalue weighted by molar-refractivity contribution is -0.145. The van der Waals surface area contributed by atoms with Crippen molar-refractivity contribution in [2.45, 2.75) is 43.3 Å². The molecule has 0 aromatic carbocycles. The van der Waals surface area contributed by atoms with Crippen molar-refractivity contribution in [2.75, 3.05) is 32.7 Å². The van der Waals surface area contributed by atoms with Gasteiger partial charge in [-0.25, -0.2) is 4.98 Å². The van der Waals surface area contributed by atoms with E-state index >= 15 is 0 Å². The van der Waals surface area contributed by atoms with Gasteiger partial charge in [0.05, 0.1) is 30.1 Å². The van der Waals surface area contributed by atoms with Crippen molar-refractivity contribution in [1.82, 2.24) is 19.4 Å². The third-order valence-corrected chi connectivity index (χ3v) is 7.32. The first-order chi connectivity index (χ1) is 13.5. The predicted molar refractivity (Wildman–Crippen MR) is 101 cm³/mol. The zero-order valence-electron chi connectivity index (χ0n) is 16.4. The topological polar surface area (TPSA) is 93.7 Å². The number of amides is 2. The first-order valence-electron chi connectivity index (χ1n) is 10.5. The van der Waals surface area contributed by atoms with Crippen molar-refractivity contribution in [3.8, 4) is 0 Å². The van der Waals surface area contributed by atoms with Crippen molar-refractivity contribution in [2.24, 2.45) is 24.6 Å². The van der Waals surface area contributed by atoms with Crippen molar-refractivity contribution in [3.05, 3.63) is 18.2 Å². The third-order valence-electron chi connectivity index (χ3n) is 7.32. The molecule has 8 nitrogen and oxygen atoms in total. The number of carbonyl (C=O) groups is 2. The smallest absolute Gasteiger partial charge is 0.229 e. The number of rotatable bonds is 4. The van der Waals surface area contributed by atoms with Crippen molar-refractivity contribution < 1.29 is 14.3 Å². The van der Waals surface area contributed by atoms with Crippen LogP contribution in [-0.4, -0.2) is 75.6 Å². The number of hydrogen-bond acceptors (Lipinski definition) is 5. The number of nitrogens with zero attached hydrogens (tertiary/aromatic N) is 4. The first-order valence-corrected chi connectivity index (χ1v) is 10.5. The van der Waals surface area contributed by atoms with Gasteiger partial charge in [0.15, 0.2) is 0 Å². The molecule has 28 heavy (non-hydrogen) atoms. The SMILES string of the molecule is Cn1ccnc1C1CCN(C(=O)C2C3CC[C@@]4(CN(CCN)C(=O)C24)O3)CC1. The maximum absolute atomic E-state index is 13.4. The fourth-order valence-corrected chi connectivity index (χ4v) is 6.01. The van der Waals surface area contributed by atoms with Gasteiger partial charge in [0.1, 0.15) is 5.82 Å². The van der Waals surface area contributed by atoms with Gasteiger partial charge in [-0.15, -0.1) is 0 Å². The summed E-state index contributed by atoms with van der Waals surface area (Å²) in [5, 5.41) is 0. The lowest BCUT2D eigenvalue weighted by Crippen LogP contribution is -2.49. The van der Waals surface area contributed by atoms with Crippen LogP contribution in [0.4, 0.5) is 0 Å². The van der Waals surface area contributed by atoms with Crippen LogP contribution < -0.4 is 5.73 Å². The molecular weight excluding hydrogens is 358 g/mol. The molecule has 5 heterocycles. The van der Waals surface area contributed by atoms with Gasteiger partial charge in [-0.2, -0.15) is 0 Å². The zero-order valence-corrected chi connectivity index (χ0v) is 16.4. The van der Waals surface area contributed by atoms with Crippen LogP contribution in [0.25, 0.3) is 0 Å². The minimum absolute atomic E-state index is 0.0638. The van der Waals surface area contributed by atoms with Crippen LogP contribution in [0.2, 0.25) is 0 Å². The van der Waals surface area contributed by atoms with Gasteiger partial charge in [0.25, 0.3) is 0 Å². The molecule has 2 bridgehead atoms. The number of imidazole rings is 1. The second kappa shape index (κ2) is 6.56. The van der Waals surface area contributed by atoms with E-state index in [1.807, 2.05) is 24.3 Å². The Morgan fingerprint density at radius 3 is 2.82 bits per heavy atom. The molecule has 0 radical (unpaired) electrons. The average Bonchev–Trinajstić information content (AvgIpc) is 3.44. The van der Waals surface area contributed by atoms with E-state index in [-0.39, 0.29) is 29.8 Å². The van der Waals surface area contributed by atoms with E-state index < -0.39 is 5.60 Å². The molecule has 4 saturated heterocycles. The van der Waals surface area contributed by atoms with E-state index in [0.717, 1.165) is 44.6 Å².